The molecule has 1 amide bonds. The van der Waals surface area contributed by atoms with Crippen molar-refractivity contribution >= 4 is 17.7 Å². The van der Waals surface area contributed by atoms with Crippen molar-refractivity contribution in [3.8, 4) is 0 Å². The Labute approximate surface area is 142 Å². The standard InChI is InChI=1S/C19H25NO4/c1-13(2)24-19(23)16(17(21)14-9-5-3-6-10-14)20-18(22)15-11-7-4-8-12-15/h4,7-8,11-14,16H,3,5-6,9-10H2,1-2H3,(H,20,22). The van der Waals surface area contributed by atoms with E-state index in [4.69, 9.17) is 4.74 Å². The smallest absolute Gasteiger partial charge is 0.336 e. The molecule has 0 heterocycles. The van der Waals surface area contributed by atoms with E-state index in [0.717, 1.165) is 32.1 Å². The first-order valence-corrected chi connectivity index (χ1v) is 8.59. The minimum Gasteiger partial charge on any atom is -0.461 e. The van der Waals surface area contributed by atoms with Crippen molar-refractivity contribution in [1.29, 1.82) is 0 Å². The molecule has 1 aliphatic rings. The summed E-state index contributed by atoms with van der Waals surface area (Å²) in [5.74, 6) is -1.53. The van der Waals surface area contributed by atoms with Crippen LogP contribution < -0.4 is 5.32 Å². The van der Waals surface area contributed by atoms with Crippen LogP contribution in [0.15, 0.2) is 30.3 Å². The van der Waals surface area contributed by atoms with E-state index in [2.05, 4.69) is 5.32 Å². The fourth-order valence-electron chi connectivity index (χ4n) is 2.97. The fraction of sp³-hybridized carbons (Fsp3) is 0.526. The van der Waals surface area contributed by atoms with Crippen LogP contribution in [0.3, 0.4) is 0 Å². The zero-order valence-electron chi connectivity index (χ0n) is 14.3. The van der Waals surface area contributed by atoms with Crippen molar-refractivity contribution in [3.63, 3.8) is 0 Å². The van der Waals surface area contributed by atoms with Gasteiger partial charge in [0.05, 0.1) is 6.10 Å². The van der Waals surface area contributed by atoms with Crippen LogP contribution in [0.25, 0.3) is 0 Å². The van der Waals surface area contributed by atoms with Crippen LogP contribution >= 0.6 is 0 Å². The summed E-state index contributed by atoms with van der Waals surface area (Å²) in [5, 5.41) is 2.57. The molecule has 2 rings (SSSR count). The second kappa shape index (κ2) is 8.62. The number of esters is 1. The summed E-state index contributed by atoms with van der Waals surface area (Å²) in [7, 11) is 0. The molecule has 1 aromatic rings. The summed E-state index contributed by atoms with van der Waals surface area (Å²) in [6.45, 7) is 3.44. The molecule has 130 valence electrons. The van der Waals surface area contributed by atoms with Crippen molar-refractivity contribution in [2.75, 3.05) is 0 Å². The van der Waals surface area contributed by atoms with E-state index >= 15 is 0 Å². The molecule has 1 fully saturated rings. The monoisotopic (exact) mass is 331 g/mol. The van der Waals surface area contributed by atoms with Crippen LogP contribution in [0, 0.1) is 5.92 Å². The molecule has 1 atom stereocenters. The topological polar surface area (TPSA) is 72.5 Å². The van der Waals surface area contributed by atoms with Gasteiger partial charge in [-0.05, 0) is 38.8 Å². The van der Waals surface area contributed by atoms with Gasteiger partial charge in [0.1, 0.15) is 0 Å². The van der Waals surface area contributed by atoms with E-state index in [1.807, 2.05) is 0 Å². The highest BCUT2D eigenvalue weighted by Gasteiger charge is 2.35. The number of hydrogen-bond donors (Lipinski definition) is 1. The lowest BCUT2D eigenvalue weighted by Crippen LogP contribution is -2.50. The molecule has 1 aliphatic carbocycles. The molecule has 0 aliphatic heterocycles. The Morgan fingerprint density at radius 1 is 1.04 bits per heavy atom. The number of carbonyl (C=O) groups is 3. The predicted molar refractivity (Wildman–Crippen MR) is 90.5 cm³/mol. The number of amides is 1. The third-order valence-electron chi connectivity index (χ3n) is 4.19. The Balaban J connectivity index is 2.14. The molecule has 0 saturated heterocycles. The molecule has 24 heavy (non-hydrogen) atoms. The van der Waals surface area contributed by atoms with Crippen LogP contribution in [0.5, 0.6) is 0 Å². The van der Waals surface area contributed by atoms with Crippen molar-refractivity contribution in [2.45, 2.75) is 58.1 Å². The van der Waals surface area contributed by atoms with Gasteiger partial charge in [-0.15, -0.1) is 0 Å². The molecular weight excluding hydrogens is 306 g/mol. The molecule has 0 aromatic heterocycles. The van der Waals surface area contributed by atoms with Crippen molar-refractivity contribution in [3.05, 3.63) is 35.9 Å². The Hall–Kier alpha value is -2.17. The van der Waals surface area contributed by atoms with E-state index in [-0.39, 0.29) is 17.8 Å². The summed E-state index contributed by atoms with van der Waals surface area (Å²) < 4.78 is 5.19. The largest absolute Gasteiger partial charge is 0.461 e. The highest BCUT2D eigenvalue weighted by molar-refractivity contribution is 6.08. The number of Topliss-reactive ketones (excluding diaryl/α,β-unsaturated/α-hetero) is 1. The van der Waals surface area contributed by atoms with Gasteiger partial charge in [0.15, 0.2) is 11.8 Å². The van der Waals surface area contributed by atoms with Crippen LogP contribution in [0.4, 0.5) is 0 Å². The summed E-state index contributed by atoms with van der Waals surface area (Å²) in [6, 6.07) is 7.33. The SMILES string of the molecule is CC(C)OC(=O)C(NC(=O)c1ccccc1)C(=O)C1CCCCC1. The molecule has 5 heteroatoms. The molecule has 1 aromatic carbocycles. The van der Waals surface area contributed by atoms with Gasteiger partial charge in [-0.1, -0.05) is 37.5 Å². The number of nitrogens with one attached hydrogen (secondary N) is 1. The highest BCUT2D eigenvalue weighted by Crippen LogP contribution is 2.25. The first-order valence-electron chi connectivity index (χ1n) is 8.59. The fourth-order valence-corrected chi connectivity index (χ4v) is 2.97. The zero-order chi connectivity index (χ0) is 17.5. The molecular formula is C19H25NO4. The predicted octanol–water partition coefficient (Wildman–Crippen LogP) is 2.89. The average molecular weight is 331 g/mol. The first kappa shape index (κ1) is 18.2. The Morgan fingerprint density at radius 2 is 1.67 bits per heavy atom. The lowest BCUT2D eigenvalue weighted by Gasteiger charge is -2.25. The van der Waals surface area contributed by atoms with Gasteiger partial charge >= 0.3 is 5.97 Å². The maximum absolute atomic E-state index is 12.8. The number of carbonyl (C=O) groups excluding carboxylic acids is 3. The molecule has 0 bridgehead atoms. The van der Waals surface area contributed by atoms with Crippen molar-refractivity contribution in [2.24, 2.45) is 5.92 Å². The molecule has 0 spiro atoms. The minimum absolute atomic E-state index is 0.181. The zero-order valence-corrected chi connectivity index (χ0v) is 14.3. The van der Waals surface area contributed by atoms with Crippen LogP contribution in [-0.2, 0) is 14.3 Å². The van der Waals surface area contributed by atoms with E-state index in [9.17, 15) is 14.4 Å². The highest BCUT2D eigenvalue weighted by atomic mass is 16.5. The maximum atomic E-state index is 12.8. The number of ether oxygens (including phenoxy) is 1. The Bertz CT molecular complexity index is 576. The van der Waals surface area contributed by atoms with Gasteiger partial charge in [0.2, 0.25) is 0 Å². The first-order chi connectivity index (χ1) is 11.5. The molecule has 1 saturated carbocycles. The number of hydrogen-bond acceptors (Lipinski definition) is 4. The van der Waals surface area contributed by atoms with E-state index in [0.29, 0.717) is 5.56 Å². The summed E-state index contributed by atoms with van der Waals surface area (Å²) in [5.41, 5.74) is 0.413. The quantitative estimate of drug-likeness (QED) is 0.642. The second-order valence-corrected chi connectivity index (χ2v) is 6.50. The van der Waals surface area contributed by atoms with Gasteiger partial charge in [0, 0.05) is 11.5 Å². The van der Waals surface area contributed by atoms with E-state index in [1.165, 1.54) is 0 Å². The summed E-state index contributed by atoms with van der Waals surface area (Å²) in [6.07, 6.45) is 4.27. The second-order valence-electron chi connectivity index (χ2n) is 6.50. The van der Waals surface area contributed by atoms with Gasteiger partial charge in [-0.2, -0.15) is 0 Å². The maximum Gasteiger partial charge on any atom is 0.336 e. The lowest BCUT2D eigenvalue weighted by molar-refractivity contribution is -0.153. The normalized spacial score (nSPS) is 16.5. The average Bonchev–Trinajstić information content (AvgIpc) is 2.59. The molecule has 5 nitrogen and oxygen atoms in total. The van der Waals surface area contributed by atoms with Gasteiger partial charge in [-0.25, -0.2) is 4.79 Å². The third-order valence-corrected chi connectivity index (χ3v) is 4.19. The summed E-state index contributed by atoms with van der Waals surface area (Å²) >= 11 is 0. The van der Waals surface area contributed by atoms with Crippen molar-refractivity contribution < 1.29 is 19.1 Å². The van der Waals surface area contributed by atoms with Crippen LogP contribution in [0.2, 0.25) is 0 Å². The molecule has 1 unspecified atom stereocenters. The van der Waals surface area contributed by atoms with Crippen LogP contribution in [0.1, 0.15) is 56.3 Å². The van der Waals surface area contributed by atoms with Gasteiger partial charge < -0.3 is 10.1 Å². The van der Waals surface area contributed by atoms with Crippen LogP contribution in [-0.4, -0.2) is 29.8 Å². The molecule has 1 N–H and O–H groups in total. The molecule has 0 radical (unpaired) electrons. The minimum atomic E-state index is -1.23. The number of benzene rings is 1. The van der Waals surface area contributed by atoms with Gasteiger partial charge in [0.25, 0.3) is 5.91 Å². The van der Waals surface area contributed by atoms with E-state index in [1.54, 1.807) is 44.2 Å². The number of rotatable bonds is 6. The van der Waals surface area contributed by atoms with Crippen molar-refractivity contribution in [1.82, 2.24) is 5.32 Å². The van der Waals surface area contributed by atoms with Gasteiger partial charge in [-0.3, -0.25) is 9.59 Å². The Morgan fingerprint density at radius 3 is 2.25 bits per heavy atom. The Kier molecular flexibility index (Phi) is 6.53. The van der Waals surface area contributed by atoms with E-state index < -0.39 is 17.9 Å². The third kappa shape index (κ3) is 4.91. The lowest BCUT2D eigenvalue weighted by atomic mass is 9.83. The summed E-state index contributed by atoms with van der Waals surface area (Å²) in [4.78, 5) is 37.5. The number of ketones is 1.